The second-order valence-corrected chi connectivity index (χ2v) is 5.29. The minimum atomic E-state index is -0.275. The van der Waals surface area contributed by atoms with Crippen LogP contribution in [0.25, 0.3) is 11.3 Å². The van der Waals surface area contributed by atoms with E-state index < -0.39 is 0 Å². The van der Waals surface area contributed by atoms with E-state index in [-0.39, 0.29) is 11.4 Å². The van der Waals surface area contributed by atoms with Crippen molar-refractivity contribution < 1.29 is 9.60 Å². The lowest BCUT2D eigenvalue weighted by Crippen LogP contribution is -2.24. The van der Waals surface area contributed by atoms with Gasteiger partial charge in [-0.05, 0) is 51.1 Å². The third-order valence-electron chi connectivity index (χ3n) is 2.69. The normalized spacial score (nSPS) is 12.2. The SMILES string of the molecule is CC(C)(C)n1nc(C=NO)cc1-c1ccc(F)cc1. The average molecular weight is 261 g/mol. The van der Waals surface area contributed by atoms with Crippen LogP contribution in [-0.4, -0.2) is 21.2 Å². The van der Waals surface area contributed by atoms with Gasteiger partial charge in [-0.15, -0.1) is 0 Å². The highest BCUT2D eigenvalue weighted by molar-refractivity contribution is 5.79. The van der Waals surface area contributed by atoms with Crippen LogP contribution in [0.5, 0.6) is 0 Å². The average Bonchev–Trinajstić information content (AvgIpc) is 2.74. The lowest BCUT2D eigenvalue weighted by molar-refractivity contribution is 0.321. The van der Waals surface area contributed by atoms with Gasteiger partial charge in [-0.2, -0.15) is 5.10 Å². The fourth-order valence-corrected chi connectivity index (χ4v) is 1.86. The lowest BCUT2D eigenvalue weighted by atomic mass is 10.1. The van der Waals surface area contributed by atoms with Crippen LogP contribution in [0.4, 0.5) is 4.39 Å². The Balaban J connectivity index is 2.57. The Morgan fingerprint density at radius 1 is 1.26 bits per heavy atom. The summed E-state index contributed by atoms with van der Waals surface area (Å²) in [5, 5.41) is 16.0. The third-order valence-corrected chi connectivity index (χ3v) is 2.69. The van der Waals surface area contributed by atoms with Crippen molar-refractivity contribution >= 4 is 6.21 Å². The van der Waals surface area contributed by atoms with Crippen LogP contribution < -0.4 is 0 Å². The molecule has 4 nitrogen and oxygen atoms in total. The molecule has 1 aromatic heterocycles. The second-order valence-electron chi connectivity index (χ2n) is 5.29. The summed E-state index contributed by atoms with van der Waals surface area (Å²) < 4.78 is 14.8. The first-order valence-electron chi connectivity index (χ1n) is 5.96. The summed E-state index contributed by atoms with van der Waals surface area (Å²) in [6.45, 7) is 6.06. The molecule has 0 unspecified atom stereocenters. The van der Waals surface area contributed by atoms with Gasteiger partial charge in [0.15, 0.2) is 0 Å². The van der Waals surface area contributed by atoms with Crippen molar-refractivity contribution in [3.63, 3.8) is 0 Å². The second kappa shape index (κ2) is 4.84. The summed E-state index contributed by atoms with van der Waals surface area (Å²) in [5.41, 5.74) is 2.03. The molecule has 100 valence electrons. The van der Waals surface area contributed by atoms with Crippen LogP contribution >= 0.6 is 0 Å². The van der Waals surface area contributed by atoms with E-state index in [0.717, 1.165) is 11.3 Å². The third kappa shape index (κ3) is 2.81. The number of hydrogen-bond donors (Lipinski definition) is 1. The topological polar surface area (TPSA) is 50.4 Å². The Bertz CT molecular complexity index is 594. The summed E-state index contributed by atoms with van der Waals surface area (Å²) in [7, 11) is 0. The molecule has 0 aliphatic carbocycles. The minimum Gasteiger partial charge on any atom is -0.411 e. The molecule has 1 heterocycles. The van der Waals surface area contributed by atoms with Crippen LogP contribution in [0.1, 0.15) is 26.5 Å². The van der Waals surface area contributed by atoms with Crippen LogP contribution in [0.15, 0.2) is 35.5 Å². The van der Waals surface area contributed by atoms with Gasteiger partial charge in [-0.3, -0.25) is 4.68 Å². The Kier molecular flexibility index (Phi) is 3.38. The first kappa shape index (κ1) is 13.3. The number of halogens is 1. The highest BCUT2D eigenvalue weighted by atomic mass is 19.1. The molecule has 0 aliphatic heterocycles. The van der Waals surface area contributed by atoms with Gasteiger partial charge in [-0.25, -0.2) is 4.39 Å². The Morgan fingerprint density at radius 3 is 2.42 bits per heavy atom. The molecule has 19 heavy (non-hydrogen) atoms. The number of oxime groups is 1. The molecule has 0 bridgehead atoms. The monoisotopic (exact) mass is 261 g/mol. The minimum absolute atomic E-state index is 0.231. The fourth-order valence-electron chi connectivity index (χ4n) is 1.86. The molecule has 2 aromatic rings. The summed E-state index contributed by atoms with van der Waals surface area (Å²) >= 11 is 0. The van der Waals surface area contributed by atoms with Crippen LogP contribution in [0, 0.1) is 5.82 Å². The van der Waals surface area contributed by atoms with E-state index in [1.165, 1.54) is 18.3 Å². The van der Waals surface area contributed by atoms with Crippen molar-refractivity contribution in [3.8, 4) is 11.3 Å². The molecular formula is C14H16FN3O. The largest absolute Gasteiger partial charge is 0.411 e. The van der Waals surface area contributed by atoms with E-state index in [1.54, 1.807) is 18.2 Å². The maximum absolute atomic E-state index is 13.0. The zero-order valence-corrected chi connectivity index (χ0v) is 11.1. The Morgan fingerprint density at radius 2 is 1.89 bits per heavy atom. The maximum atomic E-state index is 13.0. The van der Waals surface area contributed by atoms with Crippen molar-refractivity contribution in [3.05, 3.63) is 41.8 Å². The van der Waals surface area contributed by atoms with Gasteiger partial charge in [0, 0.05) is 5.56 Å². The molecule has 1 N–H and O–H groups in total. The molecule has 0 atom stereocenters. The molecular weight excluding hydrogens is 245 g/mol. The van der Waals surface area contributed by atoms with Crippen molar-refractivity contribution in [2.75, 3.05) is 0 Å². The summed E-state index contributed by atoms with van der Waals surface area (Å²) in [6.07, 6.45) is 1.27. The molecule has 5 heteroatoms. The number of nitrogens with zero attached hydrogens (tertiary/aromatic N) is 3. The van der Waals surface area contributed by atoms with E-state index in [0.29, 0.717) is 5.69 Å². The molecule has 0 aliphatic rings. The van der Waals surface area contributed by atoms with Crippen molar-refractivity contribution in [1.82, 2.24) is 9.78 Å². The van der Waals surface area contributed by atoms with Crippen molar-refractivity contribution in [2.24, 2.45) is 5.16 Å². The van der Waals surface area contributed by atoms with Gasteiger partial charge in [0.05, 0.1) is 17.4 Å². The summed E-state index contributed by atoms with van der Waals surface area (Å²) in [6, 6.07) is 8.03. The summed E-state index contributed by atoms with van der Waals surface area (Å²) in [4.78, 5) is 0. The smallest absolute Gasteiger partial charge is 0.123 e. The van der Waals surface area contributed by atoms with Gasteiger partial charge in [0.25, 0.3) is 0 Å². The van der Waals surface area contributed by atoms with Crippen LogP contribution in [0.2, 0.25) is 0 Å². The number of rotatable bonds is 2. The molecule has 0 radical (unpaired) electrons. The standard InChI is InChI=1S/C14H16FN3O/c1-14(2,3)18-13(8-12(17-18)9-16-19)10-4-6-11(15)7-5-10/h4-9,19H,1-3H3. The van der Waals surface area contributed by atoms with Gasteiger partial charge in [-0.1, -0.05) is 5.16 Å². The van der Waals surface area contributed by atoms with E-state index >= 15 is 0 Å². The molecule has 0 spiro atoms. The first-order valence-corrected chi connectivity index (χ1v) is 5.96. The van der Waals surface area contributed by atoms with E-state index in [4.69, 9.17) is 5.21 Å². The van der Waals surface area contributed by atoms with Crippen molar-refractivity contribution in [1.29, 1.82) is 0 Å². The van der Waals surface area contributed by atoms with Crippen LogP contribution in [-0.2, 0) is 5.54 Å². The van der Waals surface area contributed by atoms with Gasteiger partial charge < -0.3 is 5.21 Å². The highest BCUT2D eigenvalue weighted by Crippen LogP contribution is 2.26. The number of aromatic nitrogens is 2. The van der Waals surface area contributed by atoms with Gasteiger partial charge in [0.1, 0.15) is 11.5 Å². The predicted octanol–water partition coefficient (Wildman–Crippen LogP) is 3.25. The molecule has 0 amide bonds. The lowest BCUT2D eigenvalue weighted by Gasteiger charge is -2.22. The van der Waals surface area contributed by atoms with Crippen LogP contribution in [0.3, 0.4) is 0 Å². The Hall–Kier alpha value is -2.17. The van der Waals surface area contributed by atoms with E-state index in [2.05, 4.69) is 10.3 Å². The molecule has 0 fully saturated rings. The number of hydrogen-bond acceptors (Lipinski definition) is 3. The highest BCUT2D eigenvalue weighted by Gasteiger charge is 2.20. The molecule has 1 aromatic carbocycles. The van der Waals surface area contributed by atoms with Crippen molar-refractivity contribution in [2.45, 2.75) is 26.3 Å². The van der Waals surface area contributed by atoms with E-state index in [9.17, 15) is 4.39 Å². The fraction of sp³-hybridized carbons (Fsp3) is 0.286. The van der Waals surface area contributed by atoms with Gasteiger partial charge >= 0.3 is 0 Å². The molecule has 0 saturated heterocycles. The number of benzene rings is 1. The van der Waals surface area contributed by atoms with E-state index in [1.807, 2.05) is 25.5 Å². The zero-order valence-electron chi connectivity index (χ0n) is 11.1. The zero-order chi connectivity index (χ0) is 14.0. The quantitative estimate of drug-likeness (QED) is 0.512. The molecule has 2 rings (SSSR count). The maximum Gasteiger partial charge on any atom is 0.123 e. The van der Waals surface area contributed by atoms with Gasteiger partial charge in [0.2, 0.25) is 0 Å². The summed E-state index contributed by atoms with van der Waals surface area (Å²) in [5.74, 6) is -0.275. The first-order chi connectivity index (χ1) is 8.91. The predicted molar refractivity (Wildman–Crippen MR) is 72.0 cm³/mol. The Labute approximate surface area is 111 Å². The molecule has 0 saturated carbocycles.